The molecule has 10 heteroatoms. The van der Waals surface area contributed by atoms with Crippen LogP contribution in [0.4, 0.5) is 0 Å². The van der Waals surface area contributed by atoms with Crippen LogP contribution in [0.1, 0.15) is 27.2 Å². The lowest BCUT2D eigenvalue weighted by Gasteiger charge is -2.15. The summed E-state index contributed by atoms with van der Waals surface area (Å²) < 4.78 is 27.7. The number of aldehydes is 1. The number of thioether (sulfide) groups is 1. The molecule has 0 saturated heterocycles. The highest BCUT2D eigenvalue weighted by molar-refractivity contribution is 7.99. The van der Waals surface area contributed by atoms with Crippen molar-refractivity contribution < 1.29 is 18.0 Å². The topological polar surface area (TPSA) is 97.3 Å². The number of hydrogen-bond donors (Lipinski definition) is 2. The number of thiophene rings is 1. The van der Waals surface area contributed by atoms with Crippen LogP contribution >= 0.6 is 23.1 Å². The Morgan fingerprint density at radius 3 is 2.54 bits per heavy atom. The maximum Gasteiger partial charge on any atom is 0.285 e. The second kappa shape index (κ2) is 10.7. The van der Waals surface area contributed by atoms with Gasteiger partial charge >= 0.3 is 0 Å². The van der Waals surface area contributed by atoms with Crippen LogP contribution in [0, 0.1) is 13.8 Å². The number of benzene rings is 2. The van der Waals surface area contributed by atoms with E-state index in [2.05, 4.69) is 10.1 Å². The standard InChI is InChI=1S/C25H25N3O4S3/c1-17-7-6-10-22-21(17)13-23(28(22)27-35(31,32)25-18(2)11-12-33-25)24(30)26-14-20(15-29)34-16-19-8-4-3-5-9-19/h3-13,15,20,27H,14,16H2,1-2H3,(H,26,30). The smallest absolute Gasteiger partial charge is 0.285 e. The molecule has 2 heterocycles. The van der Waals surface area contributed by atoms with Crippen molar-refractivity contribution in [3.05, 3.63) is 88.4 Å². The molecule has 7 nitrogen and oxygen atoms in total. The first-order chi connectivity index (χ1) is 16.8. The Bertz CT molecular complexity index is 1460. The molecule has 35 heavy (non-hydrogen) atoms. The fraction of sp³-hybridized carbons (Fsp3) is 0.200. The molecule has 2 aromatic heterocycles. The van der Waals surface area contributed by atoms with Gasteiger partial charge in [0, 0.05) is 17.7 Å². The van der Waals surface area contributed by atoms with Gasteiger partial charge in [-0.05, 0) is 54.1 Å². The van der Waals surface area contributed by atoms with E-state index in [0.717, 1.165) is 34.1 Å². The zero-order valence-electron chi connectivity index (χ0n) is 19.2. The predicted molar refractivity (Wildman–Crippen MR) is 142 cm³/mol. The maximum absolute atomic E-state index is 13.2. The summed E-state index contributed by atoms with van der Waals surface area (Å²) in [4.78, 5) is 27.4. The van der Waals surface area contributed by atoms with Crippen LogP contribution < -0.4 is 10.1 Å². The average Bonchev–Trinajstić information content (AvgIpc) is 3.44. The van der Waals surface area contributed by atoms with Gasteiger partial charge in [0.05, 0.1) is 10.8 Å². The van der Waals surface area contributed by atoms with Crippen molar-refractivity contribution in [2.24, 2.45) is 0 Å². The minimum absolute atomic E-state index is 0.122. The molecule has 0 aliphatic heterocycles. The van der Waals surface area contributed by atoms with Gasteiger partial charge in [-0.3, -0.25) is 4.79 Å². The lowest BCUT2D eigenvalue weighted by Crippen LogP contribution is -2.35. The van der Waals surface area contributed by atoms with E-state index in [4.69, 9.17) is 0 Å². The molecule has 0 saturated carbocycles. The van der Waals surface area contributed by atoms with Crippen LogP contribution in [0.15, 0.2) is 70.3 Å². The minimum Gasteiger partial charge on any atom is -0.349 e. The first-order valence-corrected chi connectivity index (χ1v) is 14.3. The van der Waals surface area contributed by atoms with E-state index in [0.29, 0.717) is 16.8 Å². The highest BCUT2D eigenvalue weighted by Crippen LogP contribution is 2.26. The van der Waals surface area contributed by atoms with Gasteiger partial charge < -0.3 is 10.1 Å². The quantitative estimate of drug-likeness (QED) is 0.296. The SMILES string of the molecule is Cc1ccsc1S(=O)(=O)Nn1c(C(=O)NCC(C=O)SCc2ccccc2)cc2c(C)cccc21. The number of rotatable bonds is 10. The first kappa shape index (κ1) is 25.0. The summed E-state index contributed by atoms with van der Waals surface area (Å²) in [5.74, 6) is 0.165. The van der Waals surface area contributed by atoms with Crippen molar-refractivity contribution in [2.45, 2.75) is 29.1 Å². The molecular weight excluding hydrogens is 502 g/mol. The molecule has 0 radical (unpaired) electrons. The number of nitrogens with one attached hydrogen (secondary N) is 2. The Labute approximate surface area is 212 Å². The molecule has 0 fully saturated rings. The van der Waals surface area contributed by atoms with Gasteiger partial charge in [0.1, 0.15) is 16.2 Å². The van der Waals surface area contributed by atoms with E-state index in [1.807, 2.05) is 49.4 Å². The maximum atomic E-state index is 13.2. The van der Waals surface area contributed by atoms with Crippen LogP contribution in [-0.4, -0.2) is 37.1 Å². The fourth-order valence-electron chi connectivity index (χ4n) is 3.65. The lowest BCUT2D eigenvalue weighted by molar-refractivity contribution is -0.107. The minimum atomic E-state index is -3.91. The predicted octanol–water partition coefficient (Wildman–Crippen LogP) is 4.48. The Hall–Kier alpha value is -3.08. The summed E-state index contributed by atoms with van der Waals surface area (Å²) in [6, 6.07) is 18.6. The van der Waals surface area contributed by atoms with Crippen LogP contribution in [0.25, 0.3) is 10.9 Å². The van der Waals surface area contributed by atoms with E-state index in [1.54, 1.807) is 30.5 Å². The van der Waals surface area contributed by atoms with Gasteiger partial charge in [-0.2, -0.15) is 8.42 Å². The number of hydrogen-bond acceptors (Lipinski definition) is 6. The van der Waals surface area contributed by atoms with Crippen LogP contribution in [0.2, 0.25) is 0 Å². The number of carbonyl (C=O) groups is 2. The monoisotopic (exact) mass is 527 g/mol. The molecule has 0 bridgehead atoms. The summed E-state index contributed by atoms with van der Waals surface area (Å²) in [7, 11) is -3.91. The number of carbonyl (C=O) groups excluding carboxylic acids is 2. The second-order valence-corrected chi connectivity index (χ2v) is 12.0. The molecule has 2 N–H and O–H groups in total. The summed E-state index contributed by atoms with van der Waals surface area (Å²) in [6.07, 6.45) is 0.815. The number of aryl methyl sites for hydroxylation is 2. The Kier molecular flexibility index (Phi) is 7.63. The van der Waals surface area contributed by atoms with E-state index < -0.39 is 21.2 Å². The largest absolute Gasteiger partial charge is 0.349 e. The fourth-order valence-corrected chi connectivity index (χ4v) is 6.97. The molecule has 0 spiro atoms. The number of amides is 1. The molecular formula is C25H25N3O4S3. The molecule has 0 aliphatic rings. The number of sulfonamides is 1. The molecule has 1 atom stereocenters. The van der Waals surface area contributed by atoms with E-state index in [-0.39, 0.29) is 16.4 Å². The average molecular weight is 528 g/mol. The second-order valence-electron chi connectivity index (χ2n) is 8.04. The Morgan fingerprint density at radius 2 is 1.86 bits per heavy atom. The van der Waals surface area contributed by atoms with Gasteiger partial charge in [-0.25, -0.2) is 9.51 Å². The highest BCUT2D eigenvalue weighted by atomic mass is 32.2. The van der Waals surface area contributed by atoms with Crippen molar-refractivity contribution >= 4 is 56.2 Å². The third-order valence-corrected chi connectivity index (χ3v) is 9.68. The van der Waals surface area contributed by atoms with Gasteiger partial charge in [-0.1, -0.05) is 42.5 Å². The van der Waals surface area contributed by atoms with Crippen molar-refractivity contribution in [1.29, 1.82) is 0 Å². The normalized spacial score (nSPS) is 12.4. The third-order valence-electron chi connectivity index (χ3n) is 5.49. The van der Waals surface area contributed by atoms with Crippen molar-refractivity contribution in [3.63, 3.8) is 0 Å². The van der Waals surface area contributed by atoms with Gasteiger partial charge in [0.2, 0.25) is 0 Å². The molecule has 2 aromatic carbocycles. The molecule has 1 amide bonds. The summed E-state index contributed by atoms with van der Waals surface area (Å²) in [6.45, 7) is 3.75. The molecule has 4 rings (SSSR count). The van der Waals surface area contributed by atoms with Crippen molar-refractivity contribution in [3.8, 4) is 0 Å². The Morgan fingerprint density at radius 1 is 1.09 bits per heavy atom. The molecule has 1 unspecified atom stereocenters. The van der Waals surface area contributed by atoms with E-state index in [1.165, 1.54) is 16.4 Å². The van der Waals surface area contributed by atoms with Crippen LogP contribution in [0.3, 0.4) is 0 Å². The number of nitrogens with zero attached hydrogens (tertiary/aromatic N) is 1. The summed E-state index contributed by atoms with van der Waals surface area (Å²) in [5.41, 5.74) is 3.34. The number of aromatic nitrogens is 1. The lowest BCUT2D eigenvalue weighted by atomic mass is 10.1. The van der Waals surface area contributed by atoms with E-state index >= 15 is 0 Å². The summed E-state index contributed by atoms with van der Waals surface area (Å²) >= 11 is 2.55. The van der Waals surface area contributed by atoms with Crippen molar-refractivity contribution in [2.75, 3.05) is 11.4 Å². The molecule has 0 aliphatic carbocycles. The zero-order chi connectivity index (χ0) is 25.0. The zero-order valence-corrected chi connectivity index (χ0v) is 21.7. The van der Waals surface area contributed by atoms with Gasteiger partial charge in [-0.15, -0.1) is 23.1 Å². The van der Waals surface area contributed by atoms with Gasteiger partial charge in [0.15, 0.2) is 0 Å². The molecule has 182 valence electrons. The molecule has 4 aromatic rings. The van der Waals surface area contributed by atoms with E-state index in [9.17, 15) is 18.0 Å². The first-order valence-electron chi connectivity index (χ1n) is 10.9. The van der Waals surface area contributed by atoms with Crippen LogP contribution in [-0.2, 0) is 20.6 Å². The van der Waals surface area contributed by atoms with Crippen molar-refractivity contribution in [1.82, 2.24) is 9.99 Å². The summed E-state index contributed by atoms with van der Waals surface area (Å²) in [5, 5.41) is 4.82. The Balaban J connectivity index is 1.57. The van der Waals surface area contributed by atoms with Crippen LogP contribution in [0.5, 0.6) is 0 Å². The third kappa shape index (κ3) is 5.61. The number of fused-ring (bicyclic) bond motifs is 1. The van der Waals surface area contributed by atoms with Gasteiger partial charge in [0.25, 0.3) is 15.9 Å². The highest BCUT2D eigenvalue weighted by Gasteiger charge is 2.24.